The molecule has 0 saturated carbocycles. The first-order valence-corrected chi connectivity index (χ1v) is 6.83. The second kappa shape index (κ2) is 5.30. The van der Waals surface area contributed by atoms with E-state index in [1.807, 2.05) is 24.3 Å². The van der Waals surface area contributed by atoms with Gasteiger partial charge < -0.3 is 9.84 Å². The topological polar surface area (TPSA) is 59.4 Å². The molecule has 100 valence electrons. The highest BCUT2D eigenvalue weighted by Crippen LogP contribution is 2.33. The molecule has 1 aromatic heterocycles. The number of carboxylic acids is 1. The summed E-state index contributed by atoms with van der Waals surface area (Å²) in [5, 5.41) is 10.4. The molecule has 0 amide bonds. The Balaban J connectivity index is 1.82. The second-order valence-corrected chi connectivity index (χ2v) is 5.04. The highest BCUT2D eigenvalue weighted by Gasteiger charge is 2.08. The molecule has 0 bridgehead atoms. The monoisotopic (exact) mass is 285 g/mol. The fourth-order valence-electron chi connectivity index (χ4n) is 1.90. The van der Waals surface area contributed by atoms with Crippen molar-refractivity contribution in [3.05, 3.63) is 54.1 Å². The number of carbonyl (C=O) groups is 1. The predicted octanol–water partition coefficient (Wildman–Crippen LogP) is 3.72. The van der Waals surface area contributed by atoms with Crippen LogP contribution in [0, 0.1) is 0 Å². The van der Waals surface area contributed by atoms with E-state index in [1.165, 1.54) is 11.5 Å². The van der Waals surface area contributed by atoms with Crippen LogP contribution in [0.1, 0.15) is 5.56 Å². The Morgan fingerprint density at radius 1 is 1.15 bits per heavy atom. The van der Waals surface area contributed by atoms with Gasteiger partial charge in [0.25, 0.3) is 0 Å². The first-order valence-electron chi connectivity index (χ1n) is 6.05. The van der Waals surface area contributed by atoms with Crippen molar-refractivity contribution in [3.63, 3.8) is 0 Å². The number of aromatic nitrogens is 1. The van der Waals surface area contributed by atoms with Gasteiger partial charge in [0.05, 0.1) is 17.3 Å². The number of carboxylic acid groups (broad SMARTS) is 1. The Morgan fingerprint density at radius 2 is 1.90 bits per heavy atom. The summed E-state index contributed by atoms with van der Waals surface area (Å²) in [7, 11) is 0. The molecule has 1 N–H and O–H groups in total. The molecule has 0 saturated heterocycles. The molecule has 1 heterocycles. The molecular formula is C15H11NO3S. The number of fused-ring (bicyclic) bond motifs is 1. The van der Waals surface area contributed by atoms with Gasteiger partial charge in [0.1, 0.15) is 5.75 Å². The normalized spacial score (nSPS) is 10.6. The summed E-state index contributed by atoms with van der Waals surface area (Å²) >= 11 is 1.31. The van der Waals surface area contributed by atoms with E-state index in [9.17, 15) is 4.79 Å². The summed E-state index contributed by atoms with van der Waals surface area (Å²) in [6.45, 7) is 0. The molecule has 0 aliphatic carbocycles. The summed E-state index contributed by atoms with van der Waals surface area (Å²) in [4.78, 5) is 10.6. The first-order chi connectivity index (χ1) is 9.72. The van der Waals surface area contributed by atoms with Gasteiger partial charge in [-0.25, -0.2) is 0 Å². The summed E-state index contributed by atoms with van der Waals surface area (Å²) in [5.74, 6) is -0.166. The third-order valence-electron chi connectivity index (χ3n) is 2.84. The minimum absolute atomic E-state index is 0.0176. The molecule has 3 rings (SSSR count). The molecule has 0 aliphatic heterocycles. The lowest BCUT2D eigenvalue weighted by atomic mass is 10.1. The summed E-state index contributed by atoms with van der Waals surface area (Å²) < 4.78 is 10.1. The van der Waals surface area contributed by atoms with Gasteiger partial charge >= 0.3 is 5.97 Å². The zero-order valence-corrected chi connectivity index (χ0v) is 11.3. The molecule has 0 spiro atoms. The van der Waals surface area contributed by atoms with Gasteiger partial charge in [-0.1, -0.05) is 24.3 Å². The van der Waals surface area contributed by atoms with Crippen molar-refractivity contribution < 1.29 is 14.6 Å². The van der Waals surface area contributed by atoms with Crippen molar-refractivity contribution in [2.24, 2.45) is 0 Å². The Labute approximate surface area is 119 Å². The van der Waals surface area contributed by atoms with Crippen LogP contribution in [0.4, 0.5) is 0 Å². The molecule has 0 aliphatic rings. The average molecular weight is 285 g/mol. The van der Waals surface area contributed by atoms with Crippen molar-refractivity contribution >= 4 is 28.4 Å². The summed E-state index contributed by atoms with van der Waals surface area (Å²) in [6, 6.07) is 14.8. The molecule has 4 nitrogen and oxygen atoms in total. The summed E-state index contributed by atoms with van der Waals surface area (Å²) in [5.41, 5.74) is 1.66. The van der Waals surface area contributed by atoms with Crippen LogP contribution in [-0.4, -0.2) is 15.4 Å². The molecule has 0 atom stereocenters. The third kappa shape index (κ3) is 2.62. The van der Waals surface area contributed by atoms with E-state index in [4.69, 9.17) is 9.84 Å². The molecule has 20 heavy (non-hydrogen) atoms. The SMILES string of the molecule is O=C(O)Cc1ccc(Oc2snc3ccccc23)cc1. The minimum Gasteiger partial charge on any atom is -0.481 e. The highest BCUT2D eigenvalue weighted by molar-refractivity contribution is 7.09. The van der Waals surface area contributed by atoms with Crippen molar-refractivity contribution in [2.45, 2.75) is 6.42 Å². The number of ether oxygens (including phenoxy) is 1. The molecule has 5 heteroatoms. The van der Waals surface area contributed by atoms with Crippen LogP contribution in [0.5, 0.6) is 10.8 Å². The number of nitrogens with zero attached hydrogens (tertiary/aromatic N) is 1. The standard InChI is InChI=1S/C15H11NO3S/c17-14(18)9-10-5-7-11(8-6-10)19-15-12-3-1-2-4-13(12)16-20-15/h1-8H,9H2,(H,17,18). The molecule has 3 aromatic rings. The zero-order valence-electron chi connectivity index (χ0n) is 10.4. The van der Waals surface area contributed by atoms with Gasteiger partial charge in [0, 0.05) is 11.5 Å². The van der Waals surface area contributed by atoms with Crippen molar-refractivity contribution in [1.29, 1.82) is 0 Å². The van der Waals surface area contributed by atoms with Crippen LogP contribution in [0.25, 0.3) is 10.9 Å². The highest BCUT2D eigenvalue weighted by atomic mass is 32.1. The maximum absolute atomic E-state index is 10.6. The Bertz CT molecular complexity index is 749. The van der Waals surface area contributed by atoms with E-state index >= 15 is 0 Å². The molecule has 2 aromatic carbocycles. The lowest BCUT2D eigenvalue weighted by Gasteiger charge is -2.04. The smallest absolute Gasteiger partial charge is 0.307 e. The van der Waals surface area contributed by atoms with E-state index in [0.29, 0.717) is 5.75 Å². The Morgan fingerprint density at radius 3 is 2.65 bits per heavy atom. The van der Waals surface area contributed by atoms with Crippen molar-refractivity contribution in [2.75, 3.05) is 0 Å². The molecule has 0 fully saturated rings. The lowest BCUT2D eigenvalue weighted by Crippen LogP contribution is -1.99. The van der Waals surface area contributed by atoms with E-state index in [-0.39, 0.29) is 6.42 Å². The van der Waals surface area contributed by atoms with Crippen molar-refractivity contribution in [3.8, 4) is 10.8 Å². The van der Waals surface area contributed by atoms with Gasteiger partial charge in [0.15, 0.2) is 0 Å². The van der Waals surface area contributed by atoms with E-state index in [2.05, 4.69) is 4.37 Å². The predicted molar refractivity (Wildman–Crippen MR) is 77.5 cm³/mol. The largest absolute Gasteiger partial charge is 0.481 e. The van der Waals surface area contributed by atoms with Crippen LogP contribution in [0.15, 0.2) is 48.5 Å². The third-order valence-corrected chi connectivity index (χ3v) is 3.60. The van der Waals surface area contributed by atoms with Crippen LogP contribution >= 0.6 is 11.5 Å². The van der Waals surface area contributed by atoms with E-state index in [1.54, 1.807) is 24.3 Å². The summed E-state index contributed by atoms with van der Waals surface area (Å²) in [6.07, 6.45) is 0.0176. The van der Waals surface area contributed by atoms with Gasteiger partial charge in [-0.3, -0.25) is 4.79 Å². The second-order valence-electron chi connectivity index (χ2n) is 4.30. The first kappa shape index (κ1) is 12.6. The molecular weight excluding hydrogens is 274 g/mol. The maximum Gasteiger partial charge on any atom is 0.307 e. The Hall–Kier alpha value is -2.40. The van der Waals surface area contributed by atoms with Crippen LogP contribution in [-0.2, 0) is 11.2 Å². The van der Waals surface area contributed by atoms with E-state index < -0.39 is 5.97 Å². The number of aliphatic carboxylic acids is 1. The molecule has 0 unspecified atom stereocenters. The fraction of sp³-hybridized carbons (Fsp3) is 0.0667. The zero-order chi connectivity index (χ0) is 13.9. The fourth-order valence-corrected chi connectivity index (χ4v) is 2.64. The van der Waals surface area contributed by atoms with Crippen molar-refractivity contribution in [1.82, 2.24) is 4.37 Å². The van der Waals surface area contributed by atoms with Crippen LogP contribution in [0.2, 0.25) is 0 Å². The number of hydrogen-bond acceptors (Lipinski definition) is 4. The minimum atomic E-state index is -0.841. The van der Waals surface area contributed by atoms with Gasteiger partial charge in [-0.15, -0.1) is 0 Å². The van der Waals surface area contributed by atoms with Crippen LogP contribution < -0.4 is 4.74 Å². The number of rotatable bonds is 4. The molecule has 0 radical (unpaired) electrons. The van der Waals surface area contributed by atoms with Crippen LogP contribution in [0.3, 0.4) is 0 Å². The lowest BCUT2D eigenvalue weighted by molar-refractivity contribution is -0.136. The van der Waals surface area contributed by atoms with Gasteiger partial charge in [-0.05, 0) is 29.8 Å². The number of benzene rings is 2. The van der Waals surface area contributed by atoms with Gasteiger partial charge in [0.2, 0.25) is 5.06 Å². The maximum atomic E-state index is 10.6. The quantitative estimate of drug-likeness (QED) is 0.793. The Kier molecular flexibility index (Phi) is 3.35. The number of hydrogen-bond donors (Lipinski definition) is 1. The van der Waals surface area contributed by atoms with E-state index in [0.717, 1.165) is 21.5 Å². The van der Waals surface area contributed by atoms with Gasteiger partial charge in [-0.2, -0.15) is 4.37 Å². The average Bonchev–Trinajstić information content (AvgIpc) is 2.84.